The van der Waals surface area contributed by atoms with Crippen LogP contribution in [0.5, 0.6) is 0 Å². The molecule has 2 aromatic rings. The first-order valence-electron chi connectivity index (χ1n) is 3.90. The van der Waals surface area contributed by atoms with Gasteiger partial charge in [0, 0.05) is 16.1 Å². The molecule has 15 heavy (non-hydrogen) atoms. The van der Waals surface area contributed by atoms with Gasteiger partial charge in [-0.3, -0.25) is 0 Å². The fraction of sp³-hybridized carbons (Fsp3) is 0. The average molecular weight is 309 g/mol. The fourth-order valence-corrected chi connectivity index (χ4v) is 2.30. The lowest BCUT2D eigenvalue weighted by Crippen LogP contribution is -2.05. The second-order valence-corrected chi connectivity index (χ2v) is 4.53. The predicted octanol–water partition coefficient (Wildman–Crippen LogP) is 4.24. The van der Waals surface area contributed by atoms with E-state index in [1.807, 2.05) is 0 Å². The Kier molecular flexibility index (Phi) is 2.66. The maximum absolute atomic E-state index is 10.9. The minimum Gasteiger partial charge on any atom is -0.464 e. The molecule has 0 bridgehead atoms. The lowest BCUT2D eigenvalue weighted by atomic mass is 10.2. The van der Waals surface area contributed by atoms with Gasteiger partial charge in [0.05, 0.1) is 15.6 Å². The highest BCUT2D eigenvalue weighted by Gasteiger charge is 2.15. The zero-order valence-electron chi connectivity index (χ0n) is 7.17. The molecule has 2 rings (SSSR count). The number of carboxylic acid groups (broad SMARTS) is 1. The van der Waals surface area contributed by atoms with Crippen LogP contribution in [0.4, 0.5) is 4.79 Å². The zero-order valence-corrected chi connectivity index (χ0v) is 10.3. The van der Waals surface area contributed by atoms with E-state index >= 15 is 0 Å². The highest BCUT2D eigenvalue weighted by atomic mass is 79.9. The van der Waals surface area contributed by atoms with Crippen molar-refractivity contribution in [2.45, 2.75) is 0 Å². The molecular weight excluding hydrogens is 305 g/mol. The van der Waals surface area contributed by atoms with E-state index in [-0.39, 0.29) is 5.02 Å². The lowest BCUT2D eigenvalue weighted by molar-refractivity contribution is 0.197. The number of aromatic nitrogens is 1. The van der Waals surface area contributed by atoms with Gasteiger partial charge in [0.15, 0.2) is 0 Å². The third-order valence-electron chi connectivity index (χ3n) is 2.02. The normalized spacial score (nSPS) is 10.9. The molecule has 0 amide bonds. The van der Waals surface area contributed by atoms with Gasteiger partial charge in [0.1, 0.15) is 0 Å². The van der Waals surface area contributed by atoms with Crippen LogP contribution < -0.4 is 0 Å². The van der Waals surface area contributed by atoms with Gasteiger partial charge in [-0.1, -0.05) is 29.3 Å². The van der Waals surface area contributed by atoms with Crippen molar-refractivity contribution in [1.29, 1.82) is 0 Å². The van der Waals surface area contributed by atoms with Gasteiger partial charge in [-0.05, 0) is 22.0 Å². The standard InChI is InChI=1S/C9H4BrCl2NO2/c10-5-3-13(9(14)15)8-4(5)1-2-6(11)7(8)12/h1-3H,(H,14,15). The molecule has 78 valence electrons. The van der Waals surface area contributed by atoms with Crippen molar-refractivity contribution < 1.29 is 9.90 Å². The van der Waals surface area contributed by atoms with E-state index in [1.165, 1.54) is 6.20 Å². The first-order chi connectivity index (χ1) is 7.02. The van der Waals surface area contributed by atoms with Crippen molar-refractivity contribution in [3.05, 3.63) is 32.8 Å². The summed E-state index contributed by atoms with van der Waals surface area (Å²) in [5.41, 5.74) is 0.392. The summed E-state index contributed by atoms with van der Waals surface area (Å²) in [6, 6.07) is 3.34. The molecule has 1 aromatic heterocycles. The van der Waals surface area contributed by atoms with Crippen molar-refractivity contribution in [3.8, 4) is 0 Å². The van der Waals surface area contributed by atoms with Crippen LogP contribution in [0.3, 0.4) is 0 Å². The summed E-state index contributed by atoms with van der Waals surface area (Å²) < 4.78 is 1.70. The minimum atomic E-state index is -1.10. The van der Waals surface area contributed by atoms with Gasteiger partial charge in [-0.15, -0.1) is 0 Å². The zero-order chi connectivity index (χ0) is 11.2. The minimum absolute atomic E-state index is 0.238. The van der Waals surface area contributed by atoms with Crippen molar-refractivity contribution in [1.82, 2.24) is 4.57 Å². The molecule has 0 aliphatic heterocycles. The second-order valence-electron chi connectivity index (χ2n) is 2.89. The van der Waals surface area contributed by atoms with E-state index in [2.05, 4.69) is 15.9 Å². The van der Waals surface area contributed by atoms with E-state index in [4.69, 9.17) is 28.3 Å². The van der Waals surface area contributed by atoms with Gasteiger partial charge in [-0.25, -0.2) is 9.36 Å². The average Bonchev–Trinajstić information content (AvgIpc) is 2.50. The number of fused-ring (bicyclic) bond motifs is 1. The molecule has 1 aromatic carbocycles. The summed E-state index contributed by atoms with van der Waals surface area (Å²) in [6.45, 7) is 0. The molecule has 1 heterocycles. The van der Waals surface area contributed by atoms with E-state index < -0.39 is 6.09 Å². The van der Waals surface area contributed by atoms with E-state index in [9.17, 15) is 4.79 Å². The number of benzene rings is 1. The Labute approximate surface area is 103 Å². The first kappa shape index (κ1) is 10.8. The number of nitrogens with zero attached hydrogens (tertiary/aromatic N) is 1. The summed E-state index contributed by atoms with van der Waals surface area (Å²) >= 11 is 15.0. The van der Waals surface area contributed by atoms with E-state index in [0.29, 0.717) is 20.4 Å². The summed E-state index contributed by atoms with van der Waals surface area (Å²) in [4.78, 5) is 10.9. The van der Waals surface area contributed by atoms with Crippen LogP contribution in [0.15, 0.2) is 22.8 Å². The molecular formula is C9H4BrCl2NO2. The molecule has 0 fully saturated rings. The summed E-state index contributed by atoms with van der Waals surface area (Å²) in [5.74, 6) is 0. The van der Waals surface area contributed by atoms with Crippen LogP contribution in [-0.2, 0) is 0 Å². The first-order valence-corrected chi connectivity index (χ1v) is 5.45. The highest BCUT2D eigenvalue weighted by Crippen LogP contribution is 2.35. The van der Waals surface area contributed by atoms with Gasteiger partial charge >= 0.3 is 6.09 Å². The number of hydrogen-bond donors (Lipinski definition) is 1. The Hall–Kier alpha value is -0.710. The largest absolute Gasteiger partial charge is 0.464 e. The molecule has 0 saturated heterocycles. The summed E-state index contributed by atoms with van der Waals surface area (Å²) in [7, 11) is 0. The fourth-order valence-electron chi connectivity index (χ4n) is 1.37. The van der Waals surface area contributed by atoms with Crippen LogP contribution >= 0.6 is 39.1 Å². The van der Waals surface area contributed by atoms with E-state index in [0.717, 1.165) is 4.57 Å². The van der Waals surface area contributed by atoms with Crippen molar-refractivity contribution in [2.24, 2.45) is 0 Å². The summed E-state index contributed by atoms with van der Waals surface area (Å²) in [5, 5.41) is 10.2. The number of halogens is 3. The molecule has 0 aliphatic rings. The van der Waals surface area contributed by atoms with Crippen molar-refractivity contribution in [2.75, 3.05) is 0 Å². The molecule has 0 spiro atoms. The summed E-state index contributed by atoms with van der Waals surface area (Å²) in [6.07, 6.45) is 0.338. The number of rotatable bonds is 0. The Bertz CT molecular complexity index is 565. The van der Waals surface area contributed by atoms with E-state index in [1.54, 1.807) is 12.1 Å². The van der Waals surface area contributed by atoms with Gasteiger partial charge in [-0.2, -0.15) is 0 Å². The topological polar surface area (TPSA) is 42.2 Å². The maximum atomic E-state index is 10.9. The quantitative estimate of drug-likeness (QED) is 0.791. The molecule has 1 N–H and O–H groups in total. The smallest absolute Gasteiger partial charge is 0.416 e. The van der Waals surface area contributed by atoms with Crippen LogP contribution in [-0.4, -0.2) is 15.8 Å². The Morgan fingerprint density at radius 1 is 1.40 bits per heavy atom. The number of carbonyl (C=O) groups is 1. The molecule has 0 saturated carbocycles. The van der Waals surface area contributed by atoms with Crippen molar-refractivity contribution >= 4 is 56.1 Å². The van der Waals surface area contributed by atoms with Gasteiger partial charge in [0.25, 0.3) is 0 Å². The van der Waals surface area contributed by atoms with Crippen LogP contribution in [0, 0.1) is 0 Å². The molecule has 6 heteroatoms. The monoisotopic (exact) mass is 307 g/mol. The molecule has 0 atom stereocenters. The molecule has 0 aliphatic carbocycles. The lowest BCUT2D eigenvalue weighted by Gasteiger charge is -2.01. The second kappa shape index (κ2) is 3.70. The Morgan fingerprint density at radius 2 is 2.07 bits per heavy atom. The molecule has 3 nitrogen and oxygen atoms in total. The predicted molar refractivity (Wildman–Crippen MR) is 63.1 cm³/mol. The third kappa shape index (κ3) is 1.62. The SMILES string of the molecule is O=C(O)n1cc(Br)c2ccc(Cl)c(Cl)c21. The maximum Gasteiger partial charge on any atom is 0.416 e. The Morgan fingerprint density at radius 3 is 2.67 bits per heavy atom. The van der Waals surface area contributed by atoms with Crippen LogP contribution in [0.25, 0.3) is 10.9 Å². The Balaban J connectivity index is 2.95. The number of hydrogen-bond acceptors (Lipinski definition) is 1. The van der Waals surface area contributed by atoms with Gasteiger partial charge < -0.3 is 5.11 Å². The highest BCUT2D eigenvalue weighted by molar-refractivity contribution is 9.10. The molecule has 0 unspecified atom stereocenters. The van der Waals surface area contributed by atoms with Crippen LogP contribution in [0.1, 0.15) is 0 Å². The third-order valence-corrected chi connectivity index (χ3v) is 3.44. The van der Waals surface area contributed by atoms with Crippen molar-refractivity contribution in [3.63, 3.8) is 0 Å². The molecule has 0 radical (unpaired) electrons. The van der Waals surface area contributed by atoms with Gasteiger partial charge in [0.2, 0.25) is 0 Å². The van der Waals surface area contributed by atoms with Crippen LogP contribution in [0.2, 0.25) is 10.0 Å².